The van der Waals surface area contributed by atoms with E-state index in [1.54, 1.807) is 0 Å². The summed E-state index contributed by atoms with van der Waals surface area (Å²) in [7, 11) is 0. The number of hydrogen-bond donors (Lipinski definition) is 0. The molecule has 0 saturated heterocycles. The third-order valence-corrected chi connectivity index (χ3v) is 5.72. The summed E-state index contributed by atoms with van der Waals surface area (Å²) in [5.74, 6) is 0. The van der Waals surface area contributed by atoms with E-state index in [1.165, 1.54) is 33.4 Å². The molecule has 28 heavy (non-hydrogen) atoms. The van der Waals surface area contributed by atoms with Crippen molar-refractivity contribution in [1.29, 1.82) is 0 Å². The van der Waals surface area contributed by atoms with Crippen molar-refractivity contribution < 1.29 is 0 Å². The molecule has 1 aromatic heterocycles. The van der Waals surface area contributed by atoms with Crippen molar-refractivity contribution in [2.24, 2.45) is 0 Å². The fourth-order valence-corrected chi connectivity index (χ4v) is 4.07. The lowest BCUT2D eigenvalue weighted by Crippen LogP contribution is -2.00. The third-order valence-electron chi connectivity index (χ3n) is 5.72. The summed E-state index contributed by atoms with van der Waals surface area (Å²) < 4.78 is 0. The lowest BCUT2D eigenvalue weighted by atomic mass is 9.90. The van der Waals surface area contributed by atoms with Gasteiger partial charge in [0.15, 0.2) is 0 Å². The van der Waals surface area contributed by atoms with Gasteiger partial charge in [-0.1, -0.05) is 72.8 Å². The maximum absolute atomic E-state index is 4.61. The molecule has 3 aromatic carbocycles. The molecule has 4 aromatic rings. The minimum absolute atomic E-state index is 1.03. The standard InChI is InChI=1S/C27H23N/c1-2-4-24(5-3-1)27-19-25(16-17-28-27)26-18-22-11-10-20-6-8-21(9-7-20)12-14-23(26)15-13-22/h1-9,13,15-19H,10-12,14H2. The van der Waals surface area contributed by atoms with E-state index in [4.69, 9.17) is 0 Å². The predicted molar refractivity (Wildman–Crippen MR) is 116 cm³/mol. The van der Waals surface area contributed by atoms with Crippen LogP contribution in [0.1, 0.15) is 22.3 Å². The van der Waals surface area contributed by atoms with Gasteiger partial charge < -0.3 is 0 Å². The van der Waals surface area contributed by atoms with E-state index in [0.717, 1.165) is 36.9 Å². The second-order valence-electron chi connectivity index (χ2n) is 7.60. The van der Waals surface area contributed by atoms with Crippen LogP contribution < -0.4 is 0 Å². The fourth-order valence-electron chi connectivity index (χ4n) is 4.07. The molecule has 0 N–H and O–H groups in total. The first kappa shape index (κ1) is 16.9. The summed E-state index contributed by atoms with van der Waals surface area (Å²) in [5, 5.41) is 0. The molecule has 136 valence electrons. The Hall–Kier alpha value is -3.19. The second-order valence-corrected chi connectivity index (χ2v) is 7.60. The van der Waals surface area contributed by atoms with E-state index < -0.39 is 0 Å². The molecule has 0 spiro atoms. The molecule has 0 radical (unpaired) electrons. The zero-order chi connectivity index (χ0) is 18.8. The summed E-state index contributed by atoms with van der Waals surface area (Å²) in [6.45, 7) is 0. The first-order chi connectivity index (χ1) is 13.8. The highest BCUT2D eigenvalue weighted by Crippen LogP contribution is 2.30. The van der Waals surface area contributed by atoms with Crippen molar-refractivity contribution in [2.75, 3.05) is 0 Å². The number of hydrogen-bond acceptors (Lipinski definition) is 1. The fraction of sp³-hybridized carbons (Fsp3) is 0.148. The Kier molecular flexibility index (Phi) is 4.50. The summed E-state index contributed by atoms with van der Waals surface area (Å²) >= 11 is 0. The van der Waals surface area contributed by atoms with Crippen molar-refractivity contribution >= 4 is 0 Å². The van der Waals surface area contributed by atoms with Crippen LogP contribution in [0.25, 0.3) is 22.4 Å². The number of rotatable bonds is 2. The Morgan fingerprint density at radius 1 is 0.536 bits per heavy atom. The van der Waals surface area contributed by atoms with Crippen molar-refractivity contribution in [3.63, 3.8) is 0 Å². The first-order valence-corrected chi connectivity index (χ1v) is 10.1. The SMILES string of the molecule is c1ccc(-c2cc(-c3cc4ccc3CCc3ccc(cc3)CC4)ccn2)cc1. The average Bonchev–Trinajstić information content (AvgIpc) is 2.76. The highest BCUT2D eigenvalue weighted by Gasteiger charge is 2.11. The molecule has 4 aliphatic rings. The minimum Gasteiger partial charge on any atom is -0.256 e. The molecule has 0 atom stereocenters. The summed E-state index contributed by atoms with van der Waals surface area (Å²) in [6, 6.07) is 31.0. The third kappa shape index (κ3) is 3.48. The molecular formula is C27H23N. The Morgan fingerprint density at radius 3 is 2.00 bits per heavy atom. The normalized spacial score (nSPS) is 13.1. The van der Waals surface area contributed by atoms with E-state index >= 15 is 0 Å². The summed E-state index contributed by atoms with van der Waals surface area (Å²) in [4.78, 5) is 4.61. The van der Waals surface area contributed by atoms with E-state index in [2.05, 4.69) is 83.8 Å². The Balaban J connectivity index is 1.57. The van der Waals surface area contributed by atoms with Crippen LogP contribution in [0, 0.1) is 0 Å². The quantitative estimate of drug-likeness (QED) is 0.408. The van der Waals surface area contributed by atoms with Crippen molar-refractivity contribution in [2.45, 2.75) is 25.7 Å². The lowest BCUT2D eigenvalue weighted by molar-refractivity contribution is 0.923. The predicted octanol–water partition coefficient (Wildman–Crippen LogP) is 6.30. The lowest BCUT2D eigenvalue weighted by Gasteiger charge is -2.15. The molecule has 0 aliphatic heterocycles. The molecule has 4 bridgehead atoms. The van der Waals surface area contributed by atoms with E-state index in [9.17, 15) is 0 Å². The molecule has 0 fully saturated rings. The van der Waals surface area contributed by atoms with Crippen LogP contribution in [-0.2, 0) is 25.7 Å². The summed E-state index contributed by atoms with van der Waals surface area (Å²) in [5.41, 5.74) is 10.5. The first-order valence-electron chi connectivity index (χ1n) is 10.1. The van der Waals surface area contributed by atoms with Gasteiger partial charge in [-0.3, -0.25) is 4.98 Å². The van der Waals surface area contributed by atoms with Gasteiger partial charge in [0.05, 0.1) is 5.69 Å². The minimum atomic E-state index is 1.03. The van der Waals surface area contributed by atoms with Crippen LogP contribution in [0.4, 0.5) is 0 Å². The number of nitrogens with zero attached hydrogens (tertiary/aromatic N) is 1. The smallest absolute Gasteiger partial charge is 0.0708 e. The molecule has 1 heteroatoms. The van der Waals surface area contributed by atoms with Gasteiger partial charge in [0.2, 0.25) is 0 Å². The van der Waals surface area contributed by atoms with Gasteiger partial charge in [-0.15, -0.1) is 0 Å². The van der Waals surface area contributed by atoms with Crippen LogP contribution in [-0.4, -0.2) is 4.98 Å². The van der Waals surface area contributed by atoms with Crippen LogP contribution in [0.3, 0.4) is 0 Å². The van der Waals surface area contributed by atoms with Gasteiger partial charge in [-0.25, -0.2) is 0 Å². The van der Waals surface area contributed by atoms with Gasteiger partial charge in [-0.2, -0.15) is 0 Å². The van der Waals surface area contributed by atoms with Gasteiger partial charge in [0.25, 0.3) is 0 Å². The molecule has 4 aliphatic carbocycles. The van der Waals surface area contributed by atoms with Gasteiger partial charge >= 0.3 is 0 Å². The Labute approximate surface area is 166 Å². The molecular weight excluding hydrogens is 338 g/mol. The number of benzene rings is 3. The zero-order valence-corrected chi connectivity index (χ0v) is 15.9. The average molecular weight is 361 g/mol. The van der Waals surface area contributed by atoms with Crippen LogP contribution in [0.5, 0.6) is 0 Å². The number of pyridine rings is 1. The number of aryl methyl sites for hydroxylation is 4. The second kappa shape index (κ2) is 7.44. The largest absolute Gasteiger partial charge is 0.256 e. The van der Waals surface area contributed by atoms with Crippen LogP contribution >= 0.6 is 0 Å². The van der Waals surface area contributed by atoms with Crippen LogP contribution in [0.2, 0.25) is 0 Å². The van der Waals surface area contributed by atoms with Crippen molar-refractivity contribution in [1.82, 2.24) is 4.98 Å². The van der Waals surface area contributed by atoms with E-state index in [0.29, 0.717) is 0 Å². The van der Waals surface area contributed by atoms with Gasteiger partial charge in [0.1, 0.15) is 0 Å². The highest BCUT2D eigenvalue weighted by atomic mass is 14.7. The molecule has 0 amide bonds. The monoisotopic (exact) mass is 361 g/mol. The van der Waals surface area contributed by atoms with Gasteiger partial charge in [-0.05, 0) is 71.2 Å². The molecule has 1 heterocycles. The van der Waals surface area contributed by atoms with E-state index in [-0.39, 0.29) is 0 Å². The Morgan fingerprint density at radius 2 is 1.21 bits per heavy atom. The molecule has 0 unspecified atom stereocenters. The van der Waals surface area contributed by atoms with Crippen LogP contribution in [0.15, 0.2) is 91.1 Å². The molecule has 8 rings (SSSR count). The zero-order valence-electron chi connectivity index (χ0n) is 15.9. The maximum atomic E-state index is 4.61. The topological polar surface area (TPSA) is 12.9 Å². The molecule has 1 nitrogen and oxygen atoms in total. The highest BCUT2D eigenvalue weighted by molar-refractivity contribution is 5.73. The molecule has 0 saturated carbocycles. The maximum Gasteiger partial charge on any atom is 0.0708 e. The van der Waals surface area contributed by atoms with E-state index in [1.807, 2.05) is 12.3 Å². The van der Waals surface area contributed by atoms with Crippen molar-refractivity contribution in [3.05, 3.63) is 113 Å². The van der Waals surface area contributed by atoms with Crippen molar-refractivity contribution in [3.8, 4) is 22.4 Å². The Bertz CT molecular complexity index is 1090. The van der Waals surface area contributed by atoms with Gasteiger partial charge in [0, 0.05) is 11.8 Å². The summed E-state index contributed by atoms with van der Waals surface area (Å²) in [6.07, 6.45) is 6.23. The number of aromatic nitrogens is 1.